The number of nitrogens with two attached hydrogens (primary N) is 1. The monoisotopic (exact) mass is 466 g/mol. The van der Waals surface area contributed by atoms with Gasteiger partial charge >= 0.3 is 6.09 Å². The molecule has 1 amide bonds. The fourth-order valence-electron chi connectivity index (χ4n) is 3.88. The summed E-state index contributed by atoms with van der Waals surface area (Å²) in [5, 5.41) is 15.3. The van der Waals surface area contributed by atoms with Crippen molar-refractivity contribution in [3.8, 4) is 0 Å². The minimum atomic E-state index is -0.453. The second kappa shape index (κ2) is 10.8. The third-order valence-corrected chi connectivity index (χ3v) is 5.61. The summed E-state index contributed by atoms with van der Waals surface area (Å²) in [6, 6.07) is 9.41. The van der Waals surface area contributed by atoms with Gasteiger partial charge < -0.3 is 20.8 Å². The zero-order valence-electron chi connectivity index (χ0n) is 18.8. The van der Waals surface area contributed by atoms with E-state index in [9.17, 15) is 4.79 Å². The van der Waals surface area contributed by atoms with Crippen LogP contribution in [0.4, 0.5) is 9.18 Å². The van der Waals surface area contributed by atoms with Crippen molar-refractivity contribution >= 4 is 11.7 Å². The number of carbonyl (C=O) groups is 1. The number of amides is 1. The van der Waals surface area contributed by atoms with Gasteiger partial charge in [-0.1, -0.05) is 24.3 Å². The standard InChI is InChI=1S/C23H27FN8O2/c1-26-31(9-8-25)14-20-15-32(23(33)34-20)19-6-7-21(22(24)10-19)17-4-2-16(3-5-17)11-27-12-18-13-28-30-29-18/h2,4,6-9,13,19-20,26-27H,10-12,14-15,25H2,1H3,(H,28,29,30)/b9-8-/t19?,20-/m0/s1. The average molecular weight is 467 g/mol. The molecule has 1 fully saturated rings. The Morgan fingerprint density at radius 3 is 2.97 bits per heavy atom. The Labute approximate surface area is 197 Å². The number of allylic oxidation sites excluding steroid dienone is 2. The van der Waals surface area contributed by atoms with Crippen LogP contribution in [0.1, 0.15) is 23.2 Å². The summed E-state index contributed by atoms with van der Waals surface area (Å²) >= 11 is 0. The number of carbonyl (C=O) groups excluding carboxylic acids is 1. The van der Waals surface area contributed by atoms with Crippen molar-refractivity contribution in [2.75, 3.05) is 20.1 Å². The van der Waals surface area contributed by atoms with Gasteiger partial charge in [-0.15, -0.1) is 0 Å². The number of ether oxygens (including phenoxy) is 1. The average Bonchev–Trinajstić information content (AvgIpc) is 3.49. The van der Waals surface area contributed by atoms with Gasteiger partial charge in [0, 0.05) is 55.7 Å². The molecule has 2 atom stereocenters. The number of halogens is 1. The number of nitrogens with zero attached hydrogens (tertiary/aromatic N) is 4. The topological polar surface area (TPSA) is 124 Å². The molecule has 4 rings (SSSR count). The van der Waals surface area contributed by atoms with Crippen molar-refractivity contribution in [3.63, 3.8) is 0 Å². The number of cyclic esters (lactones) is 1. The van der Waals surface area contributed by atoms with Gasteiger partial charge in [0.05, 0.1) is 31.0 Å². The normalized spacial score (nSPS) is 20.2. The second-order valence-corrected chi connectivity index (χ2v) is 7.91. The molecule has 178 valence electrons. The zero-order chi connectivity index (χ0) is 23.9. The lowest BCUT2D eigenvalue weighted by Crippen LogP contribution is -2.40. The van der Waals surface area contributed by atoms with E-state index in [-0.39, 0.29) is 18.4 Å². The summed E-state index contributed by atoms with van der Waals surface area (Å²) in [5.41, 5.74) is 11.2. The predicted octanol–water partition coefficient (Wildman–Crippen LogP) is 1.39. The van der Waals surface area contributed by atoms with E-state index < -0.39 is 12.1 Å². The highest BCUT2D eigenvalue weighted by molar-refractivity contribution is 5.77. The highest BCUT2D eigenvalue weighted by Crippen LogP contribution is 2.31. The Bertz CT molecular complexity index is 1050. The molecule has 1 aliphatic heterocycles. The molecule has 0 spiro atoms. The van der Waals surface area contributed by atoms with Crippen molar-refractivity contribution in [1.82, 2.24) is 36.1 Å². The van der Waals surface area contributed by atoms with E-state index in [0.29, 0.717) is 37.3 Å². The smallest absolute Gasteiger partial charge is 0.410 e. The molecule has 1 aromatic carbocycles. The molecule has 5 N–H and O–H groups in total. The molecule has 2 heterocycles. The highest BCUT2D eigenvalue weighted by Gasteiger charge is 2.37. The molecule has 0 radical (unpaired) electrons. The Morgan fingerprint density at radius 1 is 1.41 bits per heavy atom. The first-order valence-electron chi connectivity index (χ1n) is 10.9. The summed E-state index contributed by atoms with van der Waals surface area (Å²) in [5.74, 6) is -0.298. The molecular formula is C23H27FN8O2. The minimum Gasteiger partial charge on any atom is -0.442 e. The predicted molar refractivity (Wildman–Crippen MR) is 123 cm³/mol. The van der Waals surface area contributed by atoms with Gasteiger partial charge in [0.15, 0.2) is 0 Å². The van der Waals surface area contributed by atoms with Crippen LogP contribution in [0.15, 0.2) is 48.7 Å². The fraction of sp³-hybridized carbons (Fsp3) is 0.348. The number of hydrogen-bond donors (Lipinski definition) is 4. The second-order valence-electron chi connectivity index (χ2n) is 7.91. The summed E-state index contributed by atoms with van der Waals surface area (Å²) < 4.78 is 20.5. The van der Waals surface area contributed by atoms with Crippen molar-refractivity contribution in [3.05, 3.63) is 77.7 Å². The molecule has 0 bridgehead atoms. The summed E-state index contributed by atoms with van der Waals surface area (Å²) in [7, 11) is 1.75. The van der Waals surface area contributed by atoms with Crippen LogP contribution in [-0.2, 0) is 17.8 Å². The lowest BCUT2D eigenvalue weighted by molar-refractivity contribution is 0.108. The Balaban J connectivity index is 1.32. The third kappa shape index (κ3) is 5.54. The van der Waals surface area contributed by atoms with E-state index in [1.807, 2.05) is 18.2 Å². The number of aromatic amines is 1. The van der Waals surface area contributed by atoms with Crippen molar-refractivity contribution in [1.29, 1.82) is 0 Å². The largest absolute Gasteiger partial charge is 0.442 e. The van der Waals surface area contributed by atoms with Crippen LogP contribution in [0.3, 0.4) is 0 Å². The molecule has 1 unspecified atom stereocenters. The highest BCUT2D eigenvalue weighted by atomic mass is 19.1. The molecule has 10 nitrogen and oxygen atoms in total. The maximum absolute atomic E-state index is 15.0. The first-order chi connectivity index (χ1) is 16.6. The molecule has 34 heavy (non-hydrogen) atoms. The zero-order valence-corrected chi connectivity index (χ0v) is 18.8. The molecule has 1 aliphatic carbocycles. The van der Waals surface area contributed by atoms with E-state index >= 15 is 4.39 Å². The first-order valence-corrected chi connectivity index (χ1v) is 10.9. The molecule has 1 saturated heterocycles. The summed E-state index contributed by atoms with van der Waals surface area (Å²) in [6.07, 6.45) is 7.51. The van der Waals surface area contributed by atoms with Gasteiger partial charge in [0.1, 0.15) is 11.9 Å². The quantitative estimate of drug-likeness (QED) is 0.387. The third-order valence-electron chi connectivity index (χ3n) is 5.61. The van der Waals surface area contributed by atoms with Crippen LogP contribution in [0.5, 0.6) is 0 Å². The Hall–Kier alpha value is -3.88. The molecule has 2 aliphatic rings. The van der Waals surface area contributed by atoms with E-state index in [4.69, 9.17) is 10.5 Å². The maximum Gasteiger partial charge on any atom is 0.410 e. The maximum atomic E-state index is 15.0. The first kappa shape index (κ1) is 23.3. The van der Waals surface area contributed by atoms with Crippen molar-refractivity contribution in [2.24, 2.45) is 5.73 Å². The molecular weight excluding hydrogens is 439 g/mol. The number of nitrogens with one attached hydrogen (secondary N) is 3. The van der Waals surface area contributed by atoms with Gasteiger partial charge in [0.25, 0.3) is 0 Å². The number of hydrogen-bond acceptors (Lipinski definition) is 8. The number of hydrazine groups is 1. The van der Waals surface area contributed by atoms with Crippen LogP contribution >= 0.6 is 0 Å². The van der Waals surface area contributed by atoms with Gasteiger partial charge in [0.2, 0.25) is 0 Å². The van der Waals surface area contributed by atoms with Gasteiger partial charge in [-0.05, 0) is 12.1 Å². The van der Waals surface area contributed by atoms with Gasteiger partial charge in [-0.2, -0.15) is 15.4 Å². The lowest BCUT2D eigenvalue weighted by atomic mass is 9.95. The van der Waals surface area contributed by atoms with Gasteiger partial charge in [-0.25, -0.2) is 14.6 Å². The van der Waals surface area contributed by atoms with E-state index in [0.717, 1.165) is 11.3 Å². The minimum absolute atomic E-state index is 0.0843. The van der Waals surface area contributed by atoms with Crippen LogP contribution in [-0.4, -0.2) is 63.7 Å². The molecule has 1 aromatic heterocycles. The van der Waals surface area contributed by atoms with Crippen molar-refractivity contribution in [2.45, 2.75) is 31.7 Å². The number of aromatic nitrogens is 3. The van der Waals surface area contributed by atoms with E-state index in [1.54, 1.807) is 35.4 Å². The molecule has 0 saturated carbocycles. The van der Waals surface area contributed by atoms with E-state index in [2.05, 4.69) is 38.3 Å². The number of rotatable bonds is 10. The van der Waals surface area contributed by atoms with E-state index in [1.165, 1.54) is 6.20 Å². The molecule has 11 heteroatoms. The van der Waals surface area contributed by atoms with Crippen LogP contribution in [0.25, 0.3) is 5.57 Å². The molecule has 2 aromatic rings. The van der Waals surface area contributed by atoms with Gasteiger partial charge in [-0.3, -0.25) is 4.90 Å². The Morgan fingerprint density at radius 2 is 2.29 bits per heavy atom. The Kier molecular flexibility index (Phi) is 7.41. The van der Waals surface area contributed by atoms with Crippen LogP contribution in [0.2, 0.25) is 0 Å². The fourth-order valence-corrected chi connectivity index (χ4v) is 3.88. The lowest BCUT2D eigenvalue weighted by Gasteiger charge is -2.26. The van der Waals surface area contributed by atoms with Crippen LogP contribution in [0, 0.1) is 12.1 Å². The van der Waals surface area contributed by atoms with Crippen molar-refractivity contribution < 1.29 is 13.9 Å². The summed E-state index contributed by atoms with van der Waals surface area (Å²) in [4.78, 5) is 13.9. The number of H-pyrrole nitrogens is 1. The SMILES string of the molecule is CNN(/C=C\N)C[C@H]1CN(C2C=CC(c3c#cc(CNCc4cn[nH]n4)cc3)=C(F)C2)C(=O)O1. The summed E-state index contributed by atoms with van der Waals surface area (Å²) in [6.45, 7) is 1.94. The van der Waals surface area contributed by atoms with Crippen LogP contribution < -0.4 is 16.5 Å².